The molecule has 2 heterocycles. The summed E-state index contributed by atoms with van der Waals surface area (Å²) < 4.78 is 0. The summed E-state index contributed by atoms with van der Waals surface area (Å²) >= 11 is 12.6. The number of hydrogen-bond donors (Lipinski definition) is 1. The summed E-state index contributed by atoms with van der Waals surface area (Å²) in [6, 6.07) is 24.2. The van der Waals surface area contributed by atoms with Gasteiger partial charge in [-0.2, -0.15) is 5.10 Å². The van der Waals surface area contributed by atoms with E-state index in [2.05, 4.69) is 10.2 Å². The summed E-state index contributed by atoms with van der Waals surface area (Å²) in [4.78, 5) is 15.1. The van der Waals surface area contributed by atoms with Crippen molar-refractivity contribution in [2.24, 2.45) is 0 Å². The summed E-state index contributed by atoms with van der Waals surface area (Å²) in [5, 5.41) is 8.63. The van der Waals surface area contributed by atoms with E-state index in [1.807, 2.05) is 66.7 Å². The summed E-state index contributed by atoms with van der Waals surface area (Å²) in [5.74, 6) is -0.151. The molecule has 1 aliphatic heterocycles. The van der Waals surface area contributed by atoms with E-state index < -0.39 is 6.04 Å². The quantitative estimate of drug-likeness (QED) is 0.433. The minimum atomic E-state index is -0.402. The number of nitrogens with one attached hydrogen (secondary N) is 1. The lowest BCUT2D eigenvalue weighted by Gasteiger charge is -2.27. The largest absolute Gasteiger partial charge is 0.295 e. The van der Waals surface area contributed by atoms with E-state index in [4.69, 9.17) is 23.2 Å². The van der Waals surface area contributed by atoms with Crippen LogP contribution in [-0.4, -0.2) is 16.1 Å². The van der Waals surface area contributed by atoms with Crippen LogP contribution in [0.1, 0.15) is 27.7 Å². The maximum absolute atomic E-state index is 13.4. The molecule has 0 bridgehead atoms. The Morgan fingerprint density at radius 2 is 1.55 bits per heavy atom. The second-order valence-corrected chi connectivity index (χ2v) is 7.65. The predicted octanol–water partition coefficient (Wildman–Crippen LogP) is 6.13. The van der Waals surface area contributed by atoms with Gasteiger partial charge in [-0.05, 0) is 35.9 Å². The maximum atomic E-state index is 13.4. The number of hydrogen-bond acceptors (Lipinski definition) is 2. The second kappa shape index (κ2) is 7.07. The van der Waals surface area contributed by atoms with Gasteiger partial charge >= 0.3 is 0 Å². The van der Waals surface area contributed by atoms with Crippen molar-refractivity contribution in [3.05, 3.63) is 106 Å². The summed E-state index contributed by atoms with van der Waals surface area (Å²) in [7, 11) is 0. The van der Waals surface area contributed by atoms with Gasteiger partial charge in [-0.3, -0.25) is 14.8 Å². The topological polar surface area (TPSA) is 49.0 Å². The Hall–Kier alpha value is -3.08. The number of halogens is 2. The first-order valence-electron chi connectivity index (χ1n) is 9.12. The number of fused-ring (bicyclic) bond motifs is 1. The minimum Gasteiger partial charge on any atom is -0.295 e. The number of aromatic nitrogens is 2. The van der Waals surface area contributed by atoms with Crippen LogP contribution < -0.4 is 4.90 Å². The van der Waals surface area contributed by atoms with E-state index in [1.54, 1.807) is 17.0 Å². The number of H-pyrrole nitrogens is 1. The van der Waals surface area contributed by atoms with Crippen molar-refractivity contribution in [1.29, 1.82) is 0 Å². The van der Waals surface area contributed by atoms with Crippen LogP contribution >= 0.6 is 23.2 Å². The molecule has 1 aromatic heterocycles. The maximum Gasteiger partial charge on any atom is 0.277 e. The molecule has 0 aliphatic carbocycles. The first-order valence-corrected chi connectivity index (χ1v) is 9.88. The molecule has 0 radical (unpaired) electrons. The molecule has 1 aliphatic rings. The lowest BCUT2D eigenvalue weighted by molar-refractivity contribution is 0.0989. The zero-order valence-corrected chi connectivity index (χ0v) is 16.7. The summed E-state index contributed by atoms with van der Waals surface area (Å²) in [6.07, 6.45) is 0. The molecule has 0 fully saturated rings. The molecule has 3 aromatic carbocycles. The summed E-state index contributed by atoms with van der Waals surface area (Å²) in [5.41, 5.74) is 4.57. The Bertz CT molecular complexity index is 1200. The first kappa shape index (κ1) is 18.0. The highest BCUT2D eigenvalue weighted by atomic mass is 35.5. The van der Waals surface area contributed by atoms with Gasteiger partial charge in [0.15, 0.2) is 0 Å². The first-order chi connectivity index (χ1) is 14.1. The van der Waals surface area contributed by atoms with Gasteiger partial charge in [0.1, 0.15) is 5.69 Å². The molecule has 1 amide bonds. The SMILES string of the molecule is O=C1c2[nH]nc(-c3ccccc3)c2C(c2ccccc2Cl)N1c1ccc(Cl)cc1. The van der Waals surface area contributed by atoms with Crippen molar-refractivity contribution in [3.63, 3.8) is 0 Å². The van der Waals surface area contributed by atoms with Crippen LogP contribution in [0.3, 0.4) is 0 Å². The Morgan fingerprint density at radius 1 is 0.862 bits per heavy atom. The van der Waals surface area contributed by atoms with Gasteiger partial charge in [0.05, 0.1) is 11.7 Å². The van der Waals surface area contributed by atoms with Gasteiger partial charge in [-0.25, -0.2) is 0 Å². The average molecular weight is 420 g/mol. The van der Waals surface area contributed by atoms with Crippen molar-refractivity contribution in [2.75, 3.05) is 4.90 Å². The van der Waals surface area contributed by atoms with E-state index >= 15 is 0 Å². The highest BCUT2D eigenvalue weighted by Crippen LogP contribution is 2.46. The molecule has 4 nitrogen and oxygen atoms in total. The Morgan fingerprint density at radius 3 is 2.28 bits per heavy atom. The number of amides is 1. The number of carbonyl (C=O) groups is 1. The molecule has 6 heteroatoms. The average Bonchev–Trinajstić information content (AvgIpc) is 3.29. The van der Waals surface area contributed by atoms with E-state index in [9.17, 15) is 4.79 Å². The van der Waals surface area contributed by atoms with Gasteiger partial charge in [0.2, 0.25) is 0 Å². The van der Waals surface area contributed by atoms with Crippen molar-refractivity contribution in [1.82, 2.24) is 10.2 Å². The van der Waals surface area contributed by atoms with Crippen LogP contribution in [-0.2, 0) is 0 Å². The number of carbonyl (C=O) groups excluding carboxylic acids is 1. The molecule has 1 unspecified atom stereocenters. The normalized spacial score (nSPS) is 15.6. The van der Waals surface area contributed by atoms with E-state index in [0.29, 0.717) is 15.7 Å². The molecule has 4 aromatic rings. The molecule has 1 N–H and O–H groups in total. The fraction of sp³-hybridized carbons (Fsp3) is 0.0435. The number of nitrogens with zero attached hydrogens (tertiary/aromatic N) is 2. The van der Waals surface area contributed by atoms with Crippen molar-refractivity contribution >= 4 is 34.8 Å². The van der Waals surface area contributed by atoms with Crippen molar-refractivity contribution in [3.8, 4) is 11.3 Å². The highest BCUT2D eigenvalue weighted by molar-refractivity contribution is 6.32. The molecule has 0 spiro atoms. The lowest BCUT2D eigenvalue weighted by atomic mass is 9.96. The molecule has 1 atom stereocenters. The molecule has 0 saturated heterocycles. The minimum absolute atomic E-state index is 0.151. The van der Waals surface area contributed by atoms with Crippen LogP contribution in [0.25, 0.3) is 11.3 Å². The highest BCUT2D eigenvalue weighted by Gasteiger charge is 2.43. The fourth-order valence-corrected chi connectivity index (χ4v) is 4.19. The van der Waals surface area contributed by atoms with E-state index in [0.717, 1.165) is 28.1 Å². The smallest absolute Gasteiger partial charge is 0.277 e. The van der Waals surface area contributed by atoms with Crippen LogP contribution in [0.2, 0.25) is 10.0 Å². The lowest BCUT2D eigenvalue weighted by Crippen LogP contribution is -2.29. The van der Waals surface area contributed by atoms with Crippen LogP contribution in [0.4, 0.5) is 5.69 Å². The third-order valence-corrected chi connectivity index (χ3v) is 5.72. The number of benzene rings is 3. The number of anilines is 1. The fourth-order valence-electron chi connectivity index (χ4n) is 3.82. The molecule has 142 valence electrons. The standard InChI is InChI=1S/C23H15Cl2N3O/c24-15-10-12-16(13-11-15)28-22(17-8-4-5-9-18(17)25)19-20(14-6-2-1-3-7-14)26-27-21(19)23(28)29/h1-13,22H,(H,26,27). The van der Waals surface area contributed by atoms with Gasteiger partial charge in [0, 0.05) is 26.9 Å². The van der Waals surface area contributed by atoms with Gasteiger partial charge < -0.3 is 0 Å². The number of rotatable bonds is 3. The van der Waals surface area contributed by atoms with Crippen LogP contribution in [0, 0.1) is 0 Å². The van der Waals surface area contributed by atoms with Gasteiger partial charge in [-0.1, -0.05) is 71.7 Å². The van der Waals surface area contributed by atoms with Crippen LogP contribution in [0.15, 0.2) is 78.9 Å². The van der Waals surface area contributed by atoms with Gasteiger partial charge in [-0.15, -0.1) is 0 Å². The second-order valence-electron chi connectivity index (χ2n) is 6.80. The molecule has 29 heavy (non-hydrogen) atoms. The van der Waals surface area contributed by atoms with Crippen molar-refractivity contribution < 1.29 is 4.79 Å². The zero-order valence-electron chi connectivity index (χ0n) is 15.1. The molecular weight excluding hydrogens is 405 g/mol. The third kappa shape index (κ3) is 2.92. The Balaban J connectivity index is 1.75. The Kier molecular flexibility index (Phi) is 4.38. The predicted molar refractivity (Wildman–Crippen MR) is 116 cm³/mol. The third-order valence-electron chi connectivity index (χ3n) is 5.12. The molecular formula is C23H15Cl2N3O. The van der Waals surface area contributed by atoms with Crippen LogP contribution in [0.5, 0.6) is 0 Å². The summed E-state index contributed by atoms with van der Waals surface area (Å²) in [6.45, 7) is 0. The van der Waals surface area contributed by atoms with Crippen molar-refractivity contribution in [2.45, 2.75) is 6.04 Å². The zero-order chi connectivity index (χ0) is 20.0. The van der Waals surface area contributed by atoms with E-state index in [-0.39, 0.29) is 5.91 Å². The molecule has 5 rings (SSSR count). The van der Waals surface area contributed by atoms with Gasteiger partial charge in [0.25, 0.3) is 5.91 Å². The Labute approximate surface area is 177 Å². The molecule has 0 saturated carbocycles. The monoisotopic (exact) mass is 419 g/mol. The van der Waals surface area contributed by atoms with E-state index in [1.165, 1.54) is 0 Å². The number of aromatic amines is 1.